The van der Waals surface area contributed by atoms with Gasteiger partial charge in [0.05, 0.1) is 6.10 Å². The Morgan fingerprint density at radius 1 is 1.40 bits per heavy atom. The van der Waals surface area contributed by atoms with E-state index in [1.807, 2.05) is 13.8 Å². The molecule has 6 nitrogen and oxygen atoms in total. The van der Waals surface area contributed by atoms with Gasteiger partial charge >= 0.3 is 0 Å². The lowest BCUT2D eigenvalue weighted by Crippen LogP contribution is -2.34. The number of hydrogen-bond acceptors (Lipinski definition) is 5. The summed E-state index contributed by atoms with van der Waals surface area (Å²) in [5.74, 6) is 0.218. The third-order valence-electron chi connectivity index (χ3n) is 2.95. The number of amides is 1. The van der Waals surface area contributed by atoms with E-state index in [-0.39, 0.29) is 24.1 Å². The van der Waals surface area contributed by atoms with Crippen LogP contribution in [0.5, 0.6) is 0 Å². The molecule has 0 fully saturated rings. The third kappa shape index (κ3) is 3.42. The molecule has 2 aromatic rings. The molecule has 2 rings (SSSR count). The first-order valence-corrected chi connectivity index (χ1v) is 6.41. The van der Waals surface area contributed by atoms with E-state index in [1.54, 1.807) is 30.6 Å². The second-order valence-corrected chi connectivity index (χ2v) is 4.83. The van der Waals surface area contributed by atoms with Crippen molar-refractivity contribution in [2.24, 2.45) is 5.92 Å². The number of rotatable bonds is 5. The number of hydrogen-bond donors (Lipinski definition) is 2. The van der Waals surface area contributed by atoms with Gasteiger partial charge in [-0.2, -0.15) is 0 Å². The third-order valence-corrected chi connectivity index (χ3v) is 2.95. The maximum Gasteiger partial charge on any atom is 0.273 e. The molecule has 0 spiro atoms. The van der Waals surface area contributed by atoms with Crippen molar-refractivity contribution in [3.8, 4) is 11.3 Å². The largest absolute Gasteiger partial charge is 0.391 e. The van der Waals surface area contributed by atoms with Gasteiger partial charge in [-0.15, -0.1) is 0 Å². The zero-order chi connectivity index (χ0) is 14.5. The molecule has 0 aliphatic rings. The Bertz CT molecular complexity index is 566. The second-order valence-electron chi connectivity index (χ2n) is 4.83. The van der Waals surface area contributed by atoms with E-state index in [1.165, 1.54) is 0 Å². The van der Waals surface area contributed by atoms with Crippen LogP contribution in [0.25, 0.3) is 11.3 Å². The van der Waals surface area contributed by atoms with Crippen LogP contribution in [0.4, 0.5) is 0 Å². The minimum Gasteiger partial charge on any atom is -0.391 e. The molecule has 20 heavy (non-hydrogen) atoms. The summed E-state index contributed by atoms with van der Waals surface area (Å²) in [5.41, 5.74) is 0.988. The fourth-order valence-corrected chi connectivity index (χ4v) is 1.56. The van der Waals surface area contributed by atoms with Gasteiger partial charge in [-0.05, 0) is 18.1 Å². The van der Waals surface area contributed by atoms with Crippen molar-refractivity contribution in [3.63, 3.8) is 0 Å². The first kappa shape index (κ1) is 14.2. The predicted molar refractivity (Wildman–Crippen MR) is 72.9 cm³/mol. The molecule has 0 saturated carbocycles. The van der Waals surface area contributed by atoms with Gasteiger partial charge in [0, 0.05) is 30.6 Å². The number of aliphatic hydroxyl groups excluding tert-OH is 1. The predicted octanol–water partition coefficient (Wildman–Crippen LogP) is 1.48. The normalized spacial score (nSPS) is 12.4. The molecule has 0 aromatic carbocycles. The first-order chi connectivity index (χ1) is 9.58. The van der Waals surface area contributed by atoms with E-state index in [4.69, 9.17) is 4.52 Å². The van der Waals surface area contributed by atoms with E-state index in [0.29, 0.717) is 5.76 Å². The Morgan fingerprint density at radius 3 is 2.75 bits per heavy atom. The SMILES string of the molecule is CC(C)C(O)CNC(=O)c1cc(-c2ccncc2)on1. The van der Waals surface area contributed by atoms with Gasteiger partial charge in [0.15, 0.2) is 11.5 Å². The van der Waals surface area contributed by atoms with Crippen molar-refractivity contribution >= 4 is 5.91 Å². The fraction of sp³-hybridized carbons (Fsp3) is 0.357. The zero-order valence-electron chi connectivity index (χ0n) is 11.4. The van der Waals surface area contributed by atoms with E-state index < -0.39 is 6.10 Å². The molecule has 0 bridgehead atoms. The number of carbonyl (C=O) groups is 1. The Kier molecular flexibility index (Phi) is 4.47. The van der Waals surface area contributed by atoms with Gasteiger partial charge < -0.3 is 14.9 Å². The highest BCUT2D eigenvalue weighted by molar-refractivity contribution is 5.93. The van der Waals surface area contributed by atoms with E-state index in [0.717, 1.165) is 5.56 Å². The average molecular weight is 275 g/mol. The maximum atomic E-state index is 11.9. The standard InChI is InChI=1S/C14H17N3O3/c1-9(2)12(18)8-16-14(19)11-7-13(20-17-11)10-3-5-15-6-4-10/h3-7,9,12,18H,8H2,1-2H3,(H,16,19). The fourth-order valence-electron chi connectivity index (χ4n) is 1.56. The molecule has 1 unspecified atom stereocenters. The van der Waals surface area contributed by atoms with Crippen molar-refractivity contribution < 1.29 is 14.4 Å². The van der Waals surface area contributed by atoms with Gasteiger partial charge in [0.1, 0.15) is 0 Å². The van der Waals surface area contributed by atoms with Crippen LogP contribution in [0.15, 0.2) is 35.1 Å². The van der Waals surface area contributed by atoms with Crippen LogP contribution >= 0.6 is 0 Å². The van der Waals surface area contributed by atoms with Gasteiger partial charge in [-0.3, -0.25) is 9.78 Å². The molecule has 2 aromatic heterocycles. The summed E-state index contributed by atoms with van der Waals surface area (Å²) in [4.78, 5) is 15.8. The van der Waals surface area contributed by atoms with Crippen LogP contribution in [0.2, 0.25) is 0 Å². The van der Waals surface area contributed by atoms with Crippen LogP contribution < -0.4 is 5.32 Å². The topological polar surface area (TPSA) is 88.2 Å². The highest BCUT2D eigenvalue weighted by Crippen LogP contribution is 2.18. The van der Waals surface area contributed by atoms with Crippen LogP contribution in [0.1, 0.15) is 24.3 Å². The van der Waals surface area contributed by atoms with Crippen molar-refractivity contribution in [2.45, 2.75) is 20.0 Å². The number of carbonyl (C=O) groups excluding carboxylic acids is 1. The molecule has 2 N–H and O–H groups in total. The smallest absolute Gasteiger partial charge is 0.273 e. The van der Waals surface area contributed by atoms with Crippen LogP contribution in [0, 0.1) is 5.92 Å². The summed E-state index contributed by atoms with van der Waals surface area (Å²) in [6, 6.07) is 5.10. The van der Waals surface area contributed by atoms with Gasteiger partial charge in [-0.1, -0.05) is 19.0 Å². The minimum atomic E-state index is -0.578. The number of aromatic nitrogens is 2. The van der Waals surface area contributed by atoms with Crippen LogP contribution in [-0.2, 0) is 0 Å². The molecule has 0 aliphatic heterocycles. The first-order valence-electron chi connectivity index (χ1n) is 6.41. The molecular formula is C14H17N3O3. The quantitative estimate of drug-likeness (QED) is 0.863. The highest BCUT2D eigenvalue weighted by atomic mass is 16.5. The Balaban J connectivity index is 2.00. The average Bonchev–Trinajstić information content (AvgIpc) is 2.95. The minimum absolute atomic E-state index is 0.0833. The summed E-state index contributed by atoms with van der Waals surface area (Å²) in [5, 5.41) is 16.0. The summed E-state index contributed by atoms with van der Waals surface area (Å²) in [6.07, 6.45) is 2.69. The van der Waals surface area contributed by atoms with Gasteiger partial charge in [0.25, 0.3) is 5.91 Å². The highest BCUT2D eigenvalue weighted by Gasteiger charge is 2.16. The van der Waals surface area contributed by atoms with E-state index in [2.05, 4.69) is 15.5 Å². The lowest BCUT2D eigenvalue weighted by atomic mass is 10.1. The molecule has 106 valence electrons. The molecule has 0 saturated heterocycles. The van der Waals surface area contributed by atoms with Gasteiger partial charge in [0.2, 0.25) is 0 Å². The molecule has 1 amide bonds. The number of nitrogens with one attached hydrogen (secondary N) is 1. The summed E-state index contributed by atoms with van der Waals surface area (Å²) < 4.78 is 5.12. The monoisotopic (exact) mass is 275 g/mol. The molecule has 6 heteroatoms. The number of pyridine rings is 1. The van der Waals surface area contributed by atoms with Gasteiger partial charge in [-0.25, -0.2) is 0 Å². The summed E-state index contributed by atoms with van der Waals surface area (Å²) in [7, 11) is 0. The molecule has 0 radical (unpaired) electrons. The van der Waals surface area contributed by atoms with Crippen molar-refractivity contribution in [3.05, 3.63) is 36.3 Å². The second kappa shape index (κ2) is 6.29. The van der Waals surface area contributed by atoms with Crippen LogP contribution in [0.3, 0.4) is 0 Å². The number of aliphatic hydroxyl groups is 1. The molecule has 0 aliphatic carbocycles. The van der Waals surface area contributed by atoms with E-state index in [9.17, 15) is 9.90 Å². The zero-order valence-corrected chi connectivity index (χ0v) is 11.4. The Morgan fingerprint density at radius 2 is 2.10 bits per heavy atom. The maximum absolute atomic E-state index is 11.9. The lowest BCUT2D eigenvalue weighted by Gasteiger charge is -2.14. The lowest BCUT2D eigenvalue weighted by molar-refractivity contribution is 0.0863. The Labute approximate surface area is 116 Å². The summed E-state index contributed by atoms with van der Waals surface area (Å²) in [6.45, 7) is 3.96. The van der Waals surface area contributed by atoms with Crippen molar-refractivity contribution in [2.75, 3.05) is 6.54 Å². The molecular weight excluding hydrogens is 258 g/mol. The van der Waals surface area contributed by atoms with E-state index >= 15 is 0 Å². The van der Waals surface area contributed by atoms with Crippen molar-refractivity contribution in [1.82, 2.24) is 15.5 Å². The summed E-state index contributed by atoms with van der Waals surface area (Å²) >= 11 is 0. The van der Waals surface area contributed by atoms with Crippen molar-refractivity contribution in [1.29, 1.82) is 0 Å². The molecule has 2 heterocycles. The Hall–Kier alpha value is -2.21. The number of nitrogens with zero attached hydrogens (tertiary/aromatic N) is 2. The molecule has 1 atom stereocenters. The van der Waals surface area contributed by atoms with Crippen LogP contribution in [-0.4, -0.2) is 33.8 Å².